The van der Waals surface area contributed by atoms with Crippen LogP contribution in [0.25, 0.3) is 0 Å². The molecular weight excluding hydrogens is 353 g/mol. The first kappa shape index (κ1) is 17.8. The highest BCUT2D eigenvalue weighted by Gasteiger charge is 2.58. The fraction of sp³-hybridized carbons (Fsp3) is 0.526. The number of rotatable bonds is 5. The van der Waals surface area contributed by atoms with Gasteiger partial charge in [0, 0.05) is 25.9 Å². The molecular formula is C19H22FN3O4. The van der Waals surface area contributed by atoms with Crippen LogP contribution in [0.3, 0.4) is 0 Å². The lowest BCUT2D eigenvalue weighted by molar-refractivity contribution is -0.119. The van der Waals surface area contributed by atoms with Crippen molar-refractivity contribution in [3.8, 4) is 0 Å². The number of carbonyl (C=O) groups excluding carboxylic acids is 3. The molecule has 0 bridgehead atoms. The maximum Gasteiger partial charge on any atom is 0.414 e. The van der Waals surface area contributed by atoms with E-state index in [-0.39, 0.29) is 30.7 Å². The first-order valence-corrected chi connectivity index (χ1v) is 9.12. The highest BCUT2D eigenvalue weighted by Crippen LogP contribution is 2.53. The van der Waals surface area contributed by atoms with Crippen LogP contribution in [0, 0.1) is 23.6 Å². The number of amides is 2. The Morgan fingerprint density at radius 1 is 1.22 bits per heavy atom. The molecule has 2 aliphatic heterocycles. The third-order valence-electron chi connectivity index (χ3n) is 5.70. The number of cyclic esters (lactones) is 1. The van der Waals surface area contributed by atoms with Crippen molar-refractivity contribution >= 4 is 29.2 Å². The minimum absolute atomic E-state index is 0.142. The molecule has 2 amide bonds. The SMILES string of the molecule is CC(=O)NC[C@H]1CN(c2ccc(N3CC4C(C3)C4C(C)=O)c(F)c2)C(=O)O1. The van der Waals surface area contributed by atoms with Gasteiger partial charge in [-0.25, -0.2) is 9.18 Å². The van der Waals surface area contributed by atoms with Crippen molar-refractivity contribution in [2.75, 3.05) is 36.0 Å². The Bertz CT molecular complexity index is 802. The molecule has 4 rings (SSSR count). The molecule has 8 heteroatoms. The van der Waals surface area contributed by atoms with E-state index in [1.807, 2.05) is 4.90 Å². The van der Waals surface area contributed by atoms with E-state index in [2.05, 4.69) is 5.32 Å². The van der Waals surface area contributed by atoms with Gasteiger partial charge in [0.15, 0.2) is 0 Å². The van der Waals surface area contributed by atoms with Gasteiger partial charge in [-0.15, -0.1) is 0 Å². The van der Waals surface area contributed by atoms with Crippen LogP contribution in [0.15, 0.2) is 18.2 Å². The first-order valence-electron chi connectivity index (χ1n) is 9.12. The van der Waals surface area contributed by atoms with Gasteiger partial charge < -0.3 is 15.0 Å². The van der Waals surface area contributed by atoms with Crippen LogP contribution < -0.4 is 15.1 Å². The van der Waals surface area contributed by atoms with Crippen molar-refractivity contribution < 1.29 is 23.5 Å². The monoisotopic (exact) mass is 375 g/mol. The quantitative estimate of drug-likeness (QED) is 0.845. The molecule has 2 unspecified atom stereocenters. The molecule has 7 nitrogen and oxygen atoms in total. The summed E-state index contributed by atoms with van der Waals surface area (Å²) in [5.74, 6) is 0.446. The predicted octanol–water partition coefficient (Wildman–Crippen LogP) is 1.56. The fourth-order valence-electron chi connectivity index (χ4n) is 4.34. The summed E-state index contributed by atoms with van der Waals surface area (Å²) >= 11 is 0. The smallest absolute Gasteiger partial charge is 0.414 e. The second-order valence-corrected chi connectivity index (χ2v) is 7.56. The zero-order valence-corrected chi connectivity index (χ0v) is 15.3. The number of benzene rings is 1. The van der Waals surface area contributed by atoms with Crippen LogP contribution in [0.2, 0.25) is 0 Å². The van der Waals surface area contributed by atoms with Gasteiger partial charge in [0.25, 0.3) is 0 Å². The molecule has 1 saturated carbocycles. The zero-order valence-electron chi connectivity index (χ0n) is 15.3. The zero-order chi connectivity index (χ0) is 19.3. The van der Waals surface area contributed by atoms with Crippen LogP contribution >= 0.6 is 0 Å². The summed E-state index contributed by atoms with van der Waals surface area (Å²) in [6.45, 7) is 4.88. The molecule has 1 aliphatic carbocycles. The minimum atomic E-state index is -0.552. The van der Waals surface area contributed by atoms with E-state index in [4.69, 9.17) is 4.74 Å². The van der Waals surface area contributed by atoms with Gasteiger partial charge in [-0.1, -0.05) is 0 Å². The van der Waals surface area contributed by atoms with E-state index in [1.54, 1.807) is 19.1 Å². The summed E-state index contributed by atoms with van der Waals surface area (Å²) in [6, 6.07) is 4.71. The summed E-state index contributed by atoms with van der Waals surface area (Å²) in [5, 5.41) is 2.61. The standard InChI is InChI=1S/C19H22FN3O4/c1-10(24)18-14-8-22(9-15(14)18)17-4-3-12(5-16(17)20)23-7-13(27-19(23)26)6-21-11(2)25/h3-5,13-15,18H,6-9H2,1-2H3,(H,21,25)/t13-,14?,15?,18?/m0/s1. The average Bonchev–Trinajstić information content (AvgIpc) is 2.94. The Morgan fingerprint density at radius 3 is 2.52 bits per heavy atom. The van der Waals surface area contributed by atoms with E-state index < -0.39 is 18.0 Å². The number of anilines is 2. The minimum Gasteiger partial charge on any atom is -0.442 e. The molecule has 1 aromatic carbocycles. The molecule has 0 spiro atoms. The van der Waals surface area contributed by atoms with Crippen molar-refractivity contribution in [1.82, 2.24) is 5.32 Å². The molecule has 2 heterocycles. The van der Waals surface area contributed by atoms with Crippen LogP contribution in [0.1, 0.15) is 13.8 Å². The van der Waals surface area contributed by atoms with Crippen molar-refractivity contribution in [1.29, 1.82) is 0 Å². The van der Waals surface area contributed by atoms with Gasteiger partial charge in [-0.05, 0) is 37.0 Å². The summed E-state index contributed by atoms with van der Waals surface area (Å²) < 4.78 is 19.9. The Kier molecular flexibility index (Phi) is 4.28. The number of ether oxygens (including phenoxy) is 1. The number of nitrogens with zero attached hydrogens (tertiary/aromatic N) is 2. The molecule has 1 N–H and O–H groups in total. The van der Waals surface area contributed by atoms with Gasteiger partial charge >= 0.3 is 6.09 Å². The van der Waals surface area contributed by atoms with Crippen LogP contribution in [-0.2, 0) is 14.3 Å². The lowest BCUT2D eigenvalue weighted by Crippen LogP contribution is -2.33. The largest absolute Gasteiger partial charge is 0.442 e. The van der Waals surface area contributed by atoms with Gasteiger partial charge in [-0.3, -0.25) is 14.5 Å². The lowest BCUT2D eigenvalue weighted by Gasteiger charge is -2.23. The Labute approximate surface area is 156 Å². The fourth-order valence-corrected chi connectivity index (χ4v) is 4.34. The summed E-state index contributed by atoms with van der Waals surface area (Å²) in [4.78, 5) is 37.9. The van der Waals surface area contributed by atoms with Gasteiger partial charge in [0.2, 0.25) is 5.91 Å². The third kappa shape index (κ3) is 3.24. The summed E-state index contributed by atoms with van der Waals surface area (Å²) in [6.07, 6.45) is -1.01. The van der Waals surface area contributed by atoms with E-state index in [9.17, 15) is 18.8 Å². The van der Waals surface area contributed by atoms with Crippen molar-refractivity contribution in [3.05, 3.63) is 24.0 Å². The summed E-state index contributed by atoms with van der Waals surface area (Å²) in [7, 11) is 0. The van der Waals surface area contributed by atoms with Crippen molar-refractivity contribution in [2.24, 2.45) is 17.8 Å². The van der Waals surface area contributed by atoms with E-state index in [1.165, 1.54) is 17.9 Å². The average molecular weight is 375 g/mol. The normalized spacial score (nSPS) is 28.8. The molecule has 3 fully saturated rings. The van der Waals surface area contributed by atoms with Crippen LogP contribution in [0.4, 0.5) is 20.6 Å². The number of carbonyl (C=O) groups is 3. The van der Waals surface area contributed by atoms with Gasteiger partial charge in [0.05, 0.1) is 24.5 Å². The molecule has 0 radical (unpaired) electrons. The number of halogens is 1. The number of fused-ring (bicyclic) bond motifs is 1. The number of ketones is 1. The highest BCUT2D eigenvalue weighted by molar-refractivity contribution is 5.90. The van der Waals surface area contributed by atoms with Crippen LogP contribution in [0.5, 0.6) is 0 Å². The van der Waals surface area contributed by atoms with E-state index in [0.717, 1.165) is 0 Å². The van der Waals surface area contributed by atoms with E-state index >= 15 is 0 Å². The Balaban J connectivity index is 1.41. The van der Waals surface area contributed by atoms with Gasteiger partial charge in [-0.2, -0.15) is 0 Å². The maximum atomic E-state index is 14.7. The number of hydrogen-bond donors (Lipinski definition) is 1. The molecule has 3 atom stereocenters. The third-order valence-corrected chi connectivity index (χ3v) is 5.70. The molecule has 144 valence electrons. The Hall–Kier alpha value is -2.64. The number of piperidine rings is 1. The number of nitrogens with one attached hydrogen (secondary N) is 1. The topological polar surface area (TPSA) is 79.0 Å². The molecule has 3 aliphatic rings. The van der Waals surface area contributed by atoms with Crippen molar-refractivity contribution in [3.63, 3.8) is 0 Å². The molecule has 1 aromatic rings. The van der Waals surface area contributed by atoms with Crippen LogP contribution in [-0.4, -0.2) is 50.1 Å². The molecule has 2 saturated heterocycles. The molecule has 0 aromatic heterocycles. The van der Waals surface area contributed by atoms with E-state index in [0.29, 0.717) is 36.3 Å². The highest BCUT2D eigenvalue weighted by atomic mass is 19.1. The number of Topliss-reactive ketones (excluding diaryl/α,β-unsaturated/α-hetero) is 1. The second-order valence-electron chi connectivity index (χ2n) is 7.56. The predicted molar refractivity (Wildman–Crippen MR) is 96.1 cm³/mol. The lowest BCUT2D eigenvalue weighted by atomic mass is 10.1. The van der Waals surface area contributed by atoms with Crippen molar-refractivity contribution in [2.45, 2.75) is 20.0 Å². The Morgan fingerprint density at radius 2 is 1.93 bits per heavy atom. The van der Waals surface area contributed by atoms with Gasteiger partial charge in [0.1, 0.15) is 17.7 Å². The summed E-state index contributed by atoms with van der Waals surface area (Å²) in [5.41, 5.74) is 0.924. The second kappa shape index (κ2) is 6.51. The number of hydrogen-bond acceptors (Lipinski definition) is 5. The first-order chi connectivity index (χ1) is 12.8. The maximum absolute atomic E-state index is 14.7. The molecule has 27 heavy (non-hydrogen) atoms.